The predicted octanol–water partition coefficient (Wildman–Crippen LogP) is 3.01. The van der Waals surface area contributed by atoms with Crippen LogP contribution in [-0.2, 0) is 4.79 Å². The average molecular weight is 211 g/mol. The van der Waals surface area contributed by atoms with Crippen LogP contribution < -0.4 is 0 Å². The lowest BCUT2D eigenvalue weighted by molar-refractivity contribution is -0.119. The highest BCUT2D eigenvalue weighted by atomic mass is 16.1. The van der Waals surface area contributed by atoms with Crippen molar-refractivity contribution in [2.24, 2.45) is 0 Å². The summed E-state index contributed by atoms with van der Waals surface area (Å²) in [5, 5.41) is 0. The van der Waals surface area contributed by atoms with Crippen LogP contribution in [0.1, 0.15) is 58.3 Å². The van der Waals surface area contributed by atoms with Crippen LogP contribution >= 0.6 is 0 Å². The van der Waals surface area contributed by atoms with Crippen molar-refractivity contribution in [2.75, 3.05) is 19.6 Å². The Morgan fingerprint density at radius 3 is 2.47 bits per heavy atom. The van der Waals surface area contributed by atoms with Gasteiger partial charge in [0, 0.05) is 12.8 Å². The van der Waals surface area contributed by atoms with Gasteiger partial charge >= 0.3 is 0 Å². The monoisotopic (exact) mass is 211 g/mol. The molecular formula is C13H25NO. The first kappa shape index (κ1) is 12.7. The van der Waals surface area contributed by atoms with E-state index in [4.69, 9.17) is 0 Å². The van der Waals surface area contributed by atoms with Crippen molar-refractivity contribution in [2.45, 2.75) is 58.3 Å². The van der Waals surface area contributed by atoms with E-state index in [2.05, 4.69) is 11.8 Å². The van der Waals surface area contributed by atoms with Gasteiger partial charge in [-0.25, -0.2) is 0 Å². The number of piperidine rings is 1. The first-order chi connectivity index (χ1) is 7.33. The van der Waals surface area contributed by atoms with Crippen molar-refractivity contribution in [3.63, 3.8) is 0 Å². The number of rotatable bonds is 7. The summed E-state index contributed by atoms with van der Waals surface area (Å²) in [4.78, 5) is 13.8. The van der Waals surface area contributed by atoms with Gasteiger partial charge in [-0.15, -0.1) is 0 Å². The number of unbranched alkanes of at least 4 members (excludes halogenated alkanes) is 1. The number of hydrogen-bond donors (Lipinski definition) is 0. The van der Waals surface area contributed by atoms with Crippen LogP contribution in [0.5, 0.6) is 0 Å². The quantitative estimate of drug-likeness (QED) is 0.603. The number of carbonyl (C=O) groups is 1. The van der Waals surface area contributed by atoms with Crippen LogP contribution in [-0.4, -0.2) is 30.3 Å². The van der Waals surface area contributed by atoms with E-state index in [1.165, 1.54) is 45.3 Å². The van der Waals surface area contributed by atoms with Crippen molar-refractivity contribution in [3.05, 3.63) is 0 Å². The summed E-state index contributed by atoms with van der Waals surface area (Å²) >= 11 is 0. The molecule has 1 saturated heterocycles. The van der Waals surface area contributed by atoms with Gasteiger partial charge in [0.15, 0.2) is 0 Å². The molecule has 0 aliphatic carbocycles. The third-order valence-corrected chi connectivity index (χ3v) is 3.16. The standard InChI is InChI=1S/C13H25NO/c1-2-8-13(15)9-4-7-12-14-10-5-3-6-11-14/h2-12H2,1H3. The highest BCUT2D eigenvalue weighted by molar-refractivity contribution is 5.78. The van der Waals surface area contributed by atoms with Crippen molar-refractivity contribution in [1.82, 2.24) is 4.90 Å². The van der Waals surface area contributed by atoms with Gasteiger partial charge in [-0.2, -0.15) is 0 Å². The van der Waals surface area contributed by atoms with E-state index in [1.54, 1.807) is 0 Å². The molecule has 0 N–H and O–H groups in total. The fourth-order valence-electron chi connectivity index (χ4n) is 2.24. The minimum absolute atomic E-state index is 0.455. The molecular weight excluding hydrogens is 186 g/mol. The molecule has 88 valence electrons. The third kappa shape index (κ3) is 5.93. The molecule has 1 heterocycles. The van der Waals surface area contributed by atoms with E-state index in [0.717, 1.165) is 25.7 Å². The van der Waals surface area contributed by atoms with Gasteiger partial charge in [-0.1, -0.05) is 13.3 Å². The highest BCUT2D eigenvalue weighted by Crippen LogP contribution is 2.10. The summed E-state index contributed by atoms with van der Waals surface area (Å²) in [5.41, 5.74) is 0. The Balaban J connectivity index is 1.93. The predicted molar refractivity (Wildman–Crippen MR) is 64.1 cm³/mol. The lowest BCUT2D eigenvalue weighted by atomic mass is 10.1. The Morgan fingerprint density at radius 2 is 1.80 bits per heavy atom. The summed E-state index contributed by atoms with van der Waals surface area (Å²) in [6.07, 6.45) is 9.04. The van der Waals surface area contributed by atoms with Gasteiger partial charge in [-0.3, -0.25) is 4.79 Å². The lowest BCUT2D eigenvalue weighted by Crippen LogP contribution is -2.30. The summed E-state index contributed by atoms with van der Waals surface area (Å²) in [6, 6.07) is 0. The molecule has 0 radical (unpaired) electrons. The second-order valence-electron chi connectivity index (χ2n) is 4.65. The van der Waals surface area contributed by atoms with E-state index >= 15 is 0 Å². The highest BCUT2D eigenvalue weighted by Gasteiger charge is 2.09. The van der Waals surface area contributed by atoms with Gasteiger partial charge in [0.25, 0.3) is 0 Å². The maximum absolute atomic E-state index is 11.3. The Hall–Kier alpha value is -0.370. The zero-order chi connectivity index (χ0) is 10.9. The van der Waals surface area contributed by atoms with Crippen LogP contribution in [0.3, 0.4) is 0 Å². The van der Waals surface area contributed by atoms with E-state index in [0.29, 0.717) is 5.78 Å². The number of nitrogens with zero attached hydrogens (tertiary/aromatic N) is 1. The van der Waals surface area contributed by atoms with Crippen LogP contribution in [0.2, 0.25) is 0 Å². The molecule has 2 heteroatoms. The van der Waals surface area contributed by atoms with Crippen molar-refractivity contribution < 1.29 is 4.79 Å². The van der Waals surface area contributed by atoms with Crippen LogP contribution in [0, 0.1) is 0 Å². The number of Topliss-reactive ketones (excluding diaryl/α,β-unsaturated/α-hetero) is 1. The van der Waals surface area contributed by atoms with Crippen LogP contribution in [0.15, 0.2) is 0 Å². The topological polar surface area (TPSA) is 20.3 Å². The van der Waals surface area contributed by atoms with E-state index in [9.17, 15) is 4.79 Å². The normalized spacial score (nSPS) is 17.9. The largest absolute Gasteiger partial charge is 0.303 e. The smallest absolute Gasteiger partial charge is 0.132 e. The van der Waals surface area contributed by atoms with Crippen molar-refractivity contribution >= 4 is 5.78 Å². The second kappa shape index (κ2) is 7.86. The molecule has 1 fully saturated rings. The molecule has 0 saturated carbocycles. The fraction of sp³-hybridized carbons (Fsp3) is 0.923. The van der Waals surface area contributed by atoms with Gasteiger partial charge < -0.3 is 4.90 Å². The van der Waals surface area contributed by atoms with E-state index < -0.39 is 0 Å². The lowest BCUT2D eigenvalue weighted by Gasteiger charge is -2.26. The molecule has 1 aliphatic heterocycles. The maximum Gasteiger partial charge on any atom is 0.132 e. The molecule has 1 rings (SSSR count). The Kier molecular flexibility index (Phi) is 6.66. The number of ketones is 1. The average Bonchev–Trinajstić information content (AvgIpc) is 2.26. The van der Waals surface area contributed by atoms with Gasteiger partial charge in [0.1, 0.15) is 5.78 Å². The molecule has 0 aromatic heterocycles. The number of likely N-dealkylation sites (tertiary alicyclic amines) is 1. The molecule has 2 nitrogen and oxygen atoms in total. The SMILES string of the molecule is CCCC(=O)CCCCN1CCCCC1. The van der Waals surface area contributed by atoms with Gasteiger partial charge in [0.2, 0.25) is 0 Å². The third-order valence-electron chi connectivity index (χ3n) is 3.16. The molecule has 1 aliphatic rings. The summed E-state index contributed by atoms with van der Waals surface area (Å²) in [6.45, 7) is 5.84. The molecule has 0 aromatic carbocycles. The second-order valence-corrected chi connectivity index (χ2v) is 4.65. The van der Waals surface area contributed by atoms with Crippen molar-refractivity contribution in [1.29, 1.82) is 0 Å². The Labute approximate surface area is 94.0 Å². The summed E-state index contributed by atoms with van der Waals surface area (Å²) in [5.74, 6) is 0.455. The van der Waals surface area contributed by atoms with Gasteiger partial charge in [-0.05, 0) is 51.7 Å². The number of hydrogen-bond acceptors (Lipinski definition) is 2. The minimum atomic E-state index is 0.455. The zero-order valence-electron chi connectivity index (χ0n) is 10.1. The molecule has 0 bridgehead atoms. The molecule has 0 amide bonds. The zero-order valence-corrected chi connectivity index (χ0v) is 10.1. The first-order valence-corrected chi connectivity index (χ1v) is 6.57. The molecule has 0 atom stereocenters. The summed E-state index contributed by atoms with van der Waals surface area (Å²) in [7, 11) is 0. The van der Waals surface area contributed by atoms with Gasteiger partial charge in [0.05, 0.1) is 0 Å². The first-order valence-electron chi connectivity index (χ1n) is 6.57. The van der Waals surface area contributed by atoms with Crippen LogP contribution in [0.4, 0.5) is 0 Å². The Bertz CT molecular complexity index is 173. The molecule has 0 aromatic rings. The van der Waals surface area contributed by atoms with Crippen molar-refractivity contribution in [3.8, 4) is 0 Å². The molecule has 15 heavy (non-hydrogen) atoms. The maximum atomic E-state index is 11.3. The van der Waals surface area contributed by atoms with E-state index in [1.807, 2.05) is 0 Å². The fourth-order valence-corrected chi connectivity index (χ4v) is 2.24. The molecule has 0 spiro atoms. The molecule has 0 unspecified atom stereocenters. The number of carbonyl (C=O) groups excluding carboxylic acids is 1. The minimum Gasteiger partial charge on any atom is -0.303 e. The van der Waals surface area contributed by atoms with Crippen LogP contribution in [0.25, 0.3) is 0 Å². The summed E-state index contributed by atoms with van der Waals surface area (Å²) < 4.78 is 0. The Morgan fingerprint density at radius 1 is 1.07 bits per heavy atom. The van der Waals surface area contributed by atoms with E-state index in [-0.39, 0.29) is 0 Å².